The van der Waals surface area contributed by atoms with E-state index in [0.717, 1.165) is 25.0 Å². The minimum absolute atomic E-state index is 0.253. The van der Waals surface area contributed by atoms with Gasteiger partial charge < -0.3 is 10.5 Å². The predicted octanol–water partition coefficient (Wildman–Crippen LogP) is 1.86. The standard InChI is InChI=1S/C12H13F3N2O2/c13-12(14,15)19-9-5-1-7(2-6-9)10(11(16)18)17-8-3-4-8/h1-2,5-6,8,10,17H,3-4H2,(H2,16,18). The van der Waals surface area contributed by atoms with E-state index in [4.69, 9.17) is 5.73 Å². The lowest BCUT2D eigenvalue weighted by molar-refractivity contribution is -0.274. The van der Waals surface area contributed by atoms with Crippen molar-refractivity contribution in [3.63, 3.8) is 0 Å². The van der Waals surface area contributed by atoms with E-state index in [1.54, 1.807) is 0 Å². The molecule has 0 aromatic heterocycles. The molecule has 0 radical (unpaired) electrons. The van der Waals surface area contributed by atoms with Crippen LogP contribution in [0.15, 0.2) is 24.3 Å². The Balaban J connectivity index is 2.08. The van der Waals surface area contributed by atoms with Crippen LogP contribution in [0.25, 0.3) is 0 Å². The smallest absolute Gasteiger partial charge is 0.406 e. The highest BCUT2D eigenvalue weighted by Gasteiger charge is 2.31. The van der Waals surface area contributed by atoms with Gasteiger partial charge in [-0.25, -0.2) is 0 Å². The number of carbonyl (C=O) groups is 1. The fourth-order valence-corrected chi connectivity index (χ4v) is 1.69. The highest BCUT2D eigenvalue weighted by molar-refractivity contribution is 5.81. The van der Waals surface area contributed by atoms with Crippen LogP contribution in [0.5, 0.6) is 5.75 Å². The number of benzene rings is 1. The number of alkyl halides is 3. The molecule has 0 saturated heterocycles. The molecule has 1 aromatic carbocycles. The van der Waals surface area contributed by atoms with Gasteiger partial charge in [0.25, 0.3) is 0 Å². The molecule has 7 heteroatoms. The van der Waals surface area contributed by atoms with Gasteiger partial charge in [0.1, 0.15) is 11.8 Å². The van der Waals surface area contributed by atoms with E-state index in [-0.39, 0.29) is 11.8 Å². The van der Waals surface area contributed by atoms with Crippen LogP contribution >= 0.6 is 0 Å². The van der Waals surface area contributed by atoms with Crippen LogP contribution in [0.1, 0.15) is 24.4 Å². The Morgan fingerprint density at radius 1 is 1.32 bits per heavy atom. The van der Waals surface area contributed by atoms with E-state index in [1.165, 1.54) is 12.1 Å². The molecule has 1 aromatic rings. The zero-order valence-electron chi connectivity index (χ0n) is 9.91. The highest BCUT2D eigenvalue weighted by Crippen LogP contribution is 2.27. The molecule has 0 heterocycles. The molecule has 0 spiro atoms. The minimum Gasteiger partial charge on any atom is -0.406 e. The molecule has 104 valence electrons. The van der Waals surface area contributed by atoms with Crippen LogP contribution in [-0.2, 0) is 4.79 Å². The van der Waals surface area contributed by atoms with Crippen LogP contribution in [0.3, 0.4) is 0 Å². The van der Waals surface area contributed by atoms with Gasteiger partial charge in [-0.1, -0.05) is 12.1 Å². The maximum Gasteiger partial charge on any atom is 0.573 e. The average Bonchev–Trinajstić information content (AvgIpc) is 3.08. The van der Waals surface area contributed by atoms with E-state index < -0.39 is 18.3 Å². The van der Waals surface area contributed by atoms with Crippen molar-refractivity contribution in [2.75, 3.05) is 0 Å². The summed E-state index contributed by atoms with van der Waals surface area (Å²) in [6.45, 7) is 0. The Morgan fingerprint density at radius 3 is 2.32 bits per heavy atom. The number of amides is 1. The van der Waals surface area contributed by atoms with E-state index >= 15 is 0 Å². The number of ether oxygens (including phenoxy) is 1. The summed E-state index contributed by atoms with van der Waals surface area (Å²) in [4.78, 5) is 11.3. The summed E-state index contributed by atoms with van der Waals surface area (Å²) in [5.41, 5.74) is 5.79. The Morgan fingerprint density at radius 2 is 1.89 bits per heavy atom. The van der Waals surface area contributed by atoms with Gasteiger partial charge >= 0.3 is 6.36 Å². The Hall–Kier alpha value is -1.76. The zero-order chi connectivity index (χ0) is 14.0. The number of nitrogens with two attached hydrogens (primary N) is 1. The Labute approximate surface area is 107 Å². The number of nitrogens with one attached hydrogen (secondary N) is 1. The lowest BCUT2D eigenvalue weighted by atomic mass is 10.1. The van der Waals surface area contributed by atoms with Gasteiger partial charge in [-0.15, -0.1) is 13.2 Å². The molecule has 1 aliphatic rings. The number of hydrogen-bond donors (Lipinski definition) is 2. The van der Waals surface area contributed by atoms with Gasteiger partial charge in [0, 0.05) is 6.04 Å². The van der Waals surface area contributed by atoms with Gasteiger partial charge in [-0.3, -0.25) is 10.1 Å². The largest absolute Gasteiger partial charge is 0.573 e. The molecular weight excluding hydrogens is 261 g/mol. The maximum atomic E-state index is 12.0. The minimum atomic E-state index is -4.73. The van der Waals surface area contributed by atoms with Gasteiger partial charge in [0.05, 0.1) is 0 Å². The summed E-state index contributed by atoms with van der Waals surface area (Å²) < 4.78 is 39.8. The van der Waals surface area contributed by atoms with Crippen LogP contribution in [-0.4, -0.2) is 18.3 Å². The second kappa shape index (κ2) is 5.08. The van der Waals surface area contributed by atoms with Crippen molar-refractivity contribution < 1.29 is 22.7 Å². The predicted molar refractivity (Wildman–Crippen MR) is 61.2 cm³/mol. The molecule has 1 atom stereocenters. The molecule has 1 fully saturated rings. The second-order valence-corrected chi connectivity index (χ2v) is 4.39. The zero-order valence-corrected chi connectivity index (χ0v) is 9.91. The molecule has 1 saturated carbocycles. The molecule has 3 N–H and O–H groups in total. The molecule has 0 aliphatic heterocycles. The monoisotopic (exact) mass is 274 g/mol. The molecule has 4 nitrogen and oxygen atoms in total. The quantitative estimate of drug-likeness (QED) is 0.861. The van der Waals surface area contributed by atoms with Crippen molar-refractivity contribution in [3.8, 4) is 5.75 Å². The van der Waals surface area contributed by atoms with E-state index in [2.05, 4.69) is 10.1 Å². The number of primary amides is 1. The number of rotatable bonds is 5. The van der Waals surface area contributed by atoms with E-state index in [1.807, 2.05) is 0 Å². The summed E-state index contributed by atoms with van der Waals surface area (Å²) in [5.74, 6) is -0.887. The summed E-state index contributed by atoms with van der Waals surface area (Å²) >= 11 is 0. The number of carbonyl (C=O) groups excluding carboxylic acids is 1. The van der Waals surface area contributed by atoms with Crippen LogP contribution < -0.4 is 15.8 Å². The van der Waals surface area contributed by atoms with E-state index in [9.17, 15) is 18.0 Å². The molecule has 2 rings (SSSR count). The number of hydrogen-bond acceptors (Lipinski definition) is 3. The summed E-state index contributed by atoms with van der Waals surface area (Å²) in [5, 5.41) is 3.04. The van der Waals surface area contributed by atoms with Crippen LogP contribution in [0.4, 0.5) is 13.2 Å². The fourth-order valence-electron chi connectivity index (χ4n) is 1.69. The molecular formula is C12H13F3N2O2. The molecule has 19 heavy (non-hydrogen) atoms. The number of halogens is 3. The first-order valence-corrected chi connectivity index (χ1v) is 5.76. The van der Waals surface area contributed by atoms with Crippen molar-refractivity contribution in [1.82, 2.24) is 5.32 Å². The normalized spacial score (nSPS) is 17.0. The molecule has 0 bridgehead atoms. The van der Waals surface area contributed by atoms with Crippen LogP contribution in [0.2, 0.25) is 0 Å². The third-order valence-electron chi connectivity index (χ3n) is 2.71. The topological polar surface area (TPSA) is 64.4 Å². The highest BCUT2D eigenvalue weighted by atomic mass is 19.4. The van der Waals surface area contributed by atoms with Crippen molar-refractivity contribution in [2.24, 2.45) is 5.73 Å². The lowest BCUT2D eigenvalue weighted by Gasteiger charge is -2.16. The van der Waals surface area contributed by atoms with Crippen molar-refractivity contribution >= 4 is 5.91 Å². The SMILES string of the molecule is NC(=O)C(NC1CC1)c1ccc(OC(F)(F)F)cc1. The van der Waals surface area contributed by atoms with Crippen LogP contribution in [0, 0.1) is 0 Å². The maximum absolute atomic E-state index is 12.0. The first kappa shape index (κ1) is 13.7. The summed E-state index contributed by atoms with van der Waals surface area (Å²) in [7, 11) is 0. The average molecular weight is 274 g/mol. The van der Waals surface area contributed by atoms with Gasteiger partial charge in [0.15, 0.2) is 0 Å². The molecule has 1 aliphatic carbocycles. The molecule has 1 amide bonds. The fraction of sp³-hybridized carbons (Fsp3) is 0.417. The van der Waals surface area contributed by atoms with Crippen molar-refractivity contribution in [2.45, 2.75) is 31.3 Å². The van der Waals surface area contributed by atoms with Crippen molar-refractivity contribution in [1.29, 1.82) is 0 Å². The first-order chi connectivity index (χ1) is 8.85. The first-order valence-electron chi connectivity index (χ1n) is 5.76. The van der Waals surface area contributed by atoms with E-state index in [0.29, 0.717) is 5.56 Å². The Bertz CT molecular complexity index is 455. The summed E-state index contributed by atoms with van der Waals surface area (Å²) in [6.07, 6.45) is -2.78. The Kier molecular flexibility index (Phi) is 3.66. The van der Waals surface area contributed by atoms with Crippen molar-refractivity contribution in [3.05, 3.63) is 29.8 Å². The summed E-state index contributed by atoms with van der Waals surface area (Å²) in [6, 6.07) is 4.68. The second-order valence-electron chi connectivity index (χ2n) is 4.39. The molecule has 1 unspecified atom stereocenters. The van der Waals surface area contributed by atoms with Gasteiger partial charge in [-0.05, 0) is 30.5 Å². The van der Waals surface area contributed by atoms with Gasteiger partial charge in [-0.2, -0.15) is 0 Å². The lowest BCUT2D eigenvalue weighted by Crippen LogP contribution is -2.34. The third-order valence-corrected chi connectivity index (χ3v) is 2.71. The van der Waals surface area contributed by atoms with Gasteiger partial charge in [0.2, 0.25) is 5.91 Å². The third kappa shape index (κ3) is 4.13.